The molecule has 5 unspecified atom stereocenters. The van der Waals surface area contributed by atoms with Crippen molar-refractivity contribution in [3.05, 3.63) is 46.5 Å². The Morgan fingerprint density at radius 2 is 1.61 bits per heavy atom. The first-order valence-corrected chi connectivity index (χ1v) is 11.9. The summed E-state index contributed by atoms with van der Waals surface area (Å²) in [6.45, 7) is 15.3. The van der Waals surface area contributed by atoms with Crippen LogP contribution < -0.4 is 0 Å². The van der Waals surface area contributed by atoms with E-state index in [0.717, 1.165) is 5.92 Å². The number of benzene rings is 1. The Kier molecular flexibility index (Phi) is 3.90. The molecule has 0 saturated heterocycles. The minimum Gasteiger partial charge on any atom is -0.0838 e. The van der Waals surface area contributed by atoms with Crippen LogP contribution >= 0.6 is 0 Å². The highest BCUT2D eigenvalue weighted by Gasteiger charge is 2.61. The highest BCUT2D eigenvalue weighted by atomic mass is 14.7. The maximum atomic E-state index is 2.76. The molecule has 5 atom stereocenters. The molecule has 1 aromatic carbocycles. The molecule has 0 heterocycles. The molecule has 0 nitrogen and oxygen atoms in total. The second kappa shape index (κ2) is 5.77. The third kappa shape index (κ3) is 2.36. The van der Waals surface area contributed by atoms with E-state index in [9.17, 15) is 0 Å². The van der Waals surface area contributed by atoms with Crippen LogP contribution in [0, 0.1) is 34.5 Å². The zero-order valence-corrected chi connectivity index (χ0v) is 19.1. The molecule has 0 spiro atoms. The van der Waals surface area contributed by atoms with E-state index in [2.05, 4.69) is 65.8 Å². The van der Waals surface area contributed by atoms with Gasteiger partial charge in [0.2, 0.25) is 0 Å². The molecule has 0 aliphatic heterocycles. The monoisotopic (exact) mass is 376 g/mol. The molecule has 0 amide bonds. The molecule has 4 aliphatic carbocycles. The van der Waals surface area contributed by atoms with Gasteiger partial charge in [0.25, 0.3) is 0 Å². The van der Waals surface area contributed by atoms with Crippen molar-refractivity contribution in [1.82, 2.24) is 0 Å². The smallest absolute Gasteiger partial charge is 0.00534 e. The first-order chi connectivity index (χ1) is 13.1. The molecule has 2 saturated carbocycles. The second-order valence-electron chi connectivity index (χ2n) is 12.4. The Labute approximate surface area is 173 Å². The van der Waals surface area contributed by atoms with Crippen molar-refractivity contribution in [3.63, 3.8) is 0 Å². The lowest BCUT2D eigenvalue weighted by Crippen LogP contribution is -2.55. The molecule has 0 bridgehead atoms. The van der Waals surface area contributed by atoms with E-state index in [4.69, 9.17) is 0 Å². The average molecular weight is 377 g/mol. The van der Waals surface area contributed by atoms with Crippen LogP contribution in [0.3, 0.4) is 0 Å². The Bertz CT molecular complexity index is 842. The lowest BCUT2D eigenvalue weighted by Gasteiger charge is -2.65. The molecule has 5 rings (SSSR count). The van der Waals surface area contributed by atoms with E-state index >= 15 is 0 Å². The van der Waals surface area contributed by atoms with Gasteiger partial charge in [0, 0.05) is 0 Å². The third-order valence-electron chi connectivity index (χ3n) is 10.5. The fraction of sp³-hybridized carbons (Fsp3) is 0.714. The zero-order chi connectivity index (χ0) is 19.9. The minimum absolute atomic E-state index is 0.384. The van der Waals surface area contributed by atoms with Gasteiger partial charge in [-0.15, -0.1) is 0 Å². The molecule has 2 fully saturated rings. The van der Waals surface area contributed by atoms with Crippen molar-refractivity contribution in [2.24, 2.45) is 27.6 Å². The van der Waals surface area contributed by atoms with Crippen LogP contribution in [0.1, 0.15) is 102 Å². The number of hydrogen-bond donors (Lipinski definition) is 0. The molecule has 152 valence electrons. The third-order valence-corrected chi connectivity index (χ3v) is 10.5. The second-order valence-corrected chi connectivity index (χ2v) is 12.4. The Hall–Kier alpha value is -1.04. The van der Waals surface area contributed by atoms with Crippen molar-refractivity contribution >= 4 is 0 Å². The molecule has 0 radical (unpaired) electrons. The van der Waals surface area contributed by atoms with Crippen molar-refractivity contribution in [1.29, 1.82) is 0 Å². The number of allylic oxidation sites excluding steroid dienone is 2. The van der Waals surface area contributed by atoms with Crippen LogP contribution in [0.5, 0.6) is 0 Å². The van der Waals surface area contributed by atoms with Crippen LogP contribution in [0.4, 0.5) is 0 Å². The van der Waals surface area contributed by atoms with Gasteiger partial charge in [-0.2, -0.15) is 0 Å². The van der Waals surface area contributed by atoms with Crippen LogP contribution in [0.15, 0.2) is 29.8 Å². The summed E-state index contributed by atoms with van der Waals surface area (Å²) in [5.41, 5.74) is 8.61. The van der Waals surface area contributed by atoms with Crippen LogP contribution in [0.25, 0.3) is 0 Å². The van der Waals surface area contributed by atoms with Gasteiger partial charge < -0.3 is 0 Å². The van der Waals surface area contributed by atoms with E-state index in [0.29, 0.717) is 27.6 Å². The molecule has 0 aromatic heterocycles. The standard InChI is InChI=1S/C28H40/c1-19-8-7-9-21-20(19)12-13-27(5)22(21)10-11-23-24-18-25(2,3)14-15-26(24,4)16-17-28(23,27)6/h7-9,11,22,24H,10,12-18H2,1-6H3. The molecule has 28 heavy (non-hydrogen) atoms. The van der Waals surface area contributed by atoms with Gasteiger partial charge in [-0.05, 0) is 108 Å². The maximum absolute atomic E-state index is 2.76. The van der Waals surface area contributed by atoms with Crippen molar-refractivity contribution in [2.75, 3.05) is 0 Å². The summed E-state index contributed by atoms with van der Waals surface area (Å²) in [4.78, 5) is 0. The summed E-state index contributed by atoms with van der Waals surface area (Å²) in [5.74, 6) is 1.53. The van der Waals surface area contributed by atoms with Crippen molar-refractivity contribution in [2.45, 2.75) is 98.8 Å². The maximum Gasteiger partial charge on any atom is -0.00534 e. The lowest BCUT2D eigenvalue weighted by atomic mass is 9.39. The minimum atomic E-state index is 0.384. The first-order valence-electron chi connectivity index (χ1n) is 11.9. The lowest BCUT2D eigenvalue weighted by molar-refractivity contribution is -0.0582. The summed E-state index contributed by atoms with van der Waals surface area (Å²) in [6, 6.07) is 7.09. The number of rotatable bonds is 0. The Balaban J connectivity index is 1.62. The predicted molar refractivity (Wildman–Crippen MR) is 120 cm³/mol. The highest BCUT2D eigenvalue weighted by Crippen LogP contribution is 2.71. The molecular formula is C28H40. The average Bonchev–Trinajstić information content (AvgIpc) is 2.63. The quantitative estimate of drug-likeness (QED) is 0.402. The van der Waals surface area contributed by atoms with Gasteiger partial charge in [0.05, 0.1) is 0 Å². The highest BCUT2D eigenvalue weighted by molar-refractivity contribution is 5.45. The first kappa shape index (κ1) is 19.0. The number of hydrogen-bond acceptors (Lipinski definition) is 0. The summed E-state index contributed by atoms with van der Waals surface area (Å²) in [5, 5.41) is 0. The Morgan fingerprint density at radius 1 is 0.857 bits per heavy atom. The summed E-state index contributed by atoms with van der Waals surface area (Å²) in [6.07, 6.45) is 13.8. The number of aryl methyl sites for hydroxylation is 1. The molecule has 0 heteroatoms. The van der Waals surface area contributed by atoms with Gasteiger partial charge in [-0.3, -0.25) is 0 Å². The fourth-order valence-corrected chi connectivity index (χ4v) is 8.12. The van der Waals surface area contributed by atoms with E-state index in [-0.39, 0.29) is 0 Å². The fourth-order valence-electron chi connectivity index (χ4n) is 8.12. The van der Waals surface area contributed by atoms with Gasteiger partial charge in [0.1, 0.15) is 0 Å². The van der Waals surface area contributed by atoms with Crippen LogP contribution in [0.2, 0.25) is 0 Å². The molecular weight excluding hydrogens is 336 g/mol. The van der Waals surface area contributed by atoms with Crippen molar-refractivity contribution < 1.29 is 0 Å². The largest absolute Gasteiger partial charge is 0.0838 e. The summed E-state index contributed by atoms with van der Waals surface area (Å²) < 4.78 is 0. The summed E-state index contributed by atoms with van der Waals surface area (Å²) in [7, 11) is 0. The van der Waals surface area contributed by atoms with Gasteiger partial charge in [-0.1, -0.05) is 64.5 Å². The molecule has 1 aromatic rings. The van der Waals surface area contributed by atoms with Gasteiger partial charge >= 0.3 is 0 Å². The Morgan fingerprint density at radius 3 is 2.39 bits per heavy atom. The van der Waals surface area contributed by atoms with Crippen molar-refractivity contribution in [3.8, 4) is 0 Å². The van der Waals surface area contributed by atoms with Crippen LogP contribution in [-0.4, -0.2) is 0 Å². The SMILES string of the molecule is Cc1cccc2c1CCC1(C)C2CC=C2C3CC(C)(C)CCC3(C)CCC21C. The van der Waals surface area contributed by atoms with E-state index < -0.39 is 0 Å². The van der Waals surface area contributed by atoms with Gasteiger partial charge in [0.15, 0.2) is 0 Å². The van der Waals surface area contributed by atoms with E-state index in [1.807, 2.05) is 5.57 Å². The van der Waals surface area contributed by atoms with E-state index in [1.54, 1.807) is 11.1 Å². The van der Waals surface area contributed by atoms with Crippen LogP contribution in [-0.2, 0) is 6.42 Å². The molecule has 0 N–H and O–H groups in total. The summed E-state index contributed by atoms with van der Waals surface area (Å²) >= 11 is 0. The van der Waals surface area contributed by atoms with E-state index in [1.165, 1.54) is 56.9 Å². The van der Waals surface area contributed by atoms with Gasteiger partial charge in [-0.25, -0.2) is 0 Å². The number of fused-ring (bicyclic) bond motifs is 7. The topological polar surface area (TPSA) is 0 Å². The molecule has 4 aliphatic rings. The zero-order valence-electron chi connectivity index (χ0n) is 19.1. The predicted octanol–water partition coefficient (Wildman–Crippen LogP) is 7.99. The normalized spacial score (nSPS) is 43.9.